The summed E-state index contributed by atoms with van der Waals surface area (Å²) in [4.78, 5) is 12.7. The zero-order valence-corrected chi connectivity index (χ0v) is 14.5. The molecule has 2 aromatic carbocycles. The highest BCUT2D eigenvalue weighted by Gasteiger charge is 2.50. The van der Waals surface area contributed by atoms with Gasteiger partial charge in [-0.1, -0.05) is 44.2 Å². The van der Waals surface area contributed by atoms with Crippen LogP contribution in [0.15, 0.2) is 54.6 Å². The third kappa shape index (κ3) is 2.30. The molecule has 0 radical (unpaired) electrons. The summed E-state index contributed by atoms with van der Waals surface area (Å²) in [7, 11) is 2.12. The van der Waals surface area contributed by atoms with E-state index in [9.17, 15) is 10.1 Å². The Labute approximate surface area is 142 Å². The van der Waals surface area contributed by atoms with Gasteiger partial charge in [0.2, 0.25) is 0 Å². The number of para-hydroxylation sites is 1. The first-order chi connectivity index (χ1) is 11.3. The minimum absolute atomic E-state index is 0.0460. The van der Waals surface area contributed by atoms with Gasteiger partial charge in [0.05, 0.1) is 10.5 Å². The summed E-state index contributed by atoms with van der Waals surface area (Å²) in [5.41, 5.74) is 3.43. The first-order valence-electron chi connectivity index (χ1n) is 8.04. The fourth-order valence-corrected chi connectivity index (χ4v) is 3.52. The van der Waals surface area contributed by atoms with Crippen LogP contribution in [-0.4, -0.2) is 17.5 Å². The van der Waals surface area contributed by atoms with Gasteiger partial charge in [-0.2, -0.15) is 0 Å². The van der Waals surface area contributed by atoms with Crippen LogP contribution >= 0.6 is 0 Å². The van der Waals surface area contributed by atoms with E-state index < -0.39 is 0 Å². The molecule has 0 aliphatic carbocycles. The fourth-order valence-electron chi connectivity index (χ4n) is 3.52. The average molecular weight is 322 g/mol. The van der Waals surface area contributed by atoms with E-state index in [4.69, 9.17) is 0 Å². The molecule has 0 amide bonds. The Bertz CT molecular complexity index is 809. The van der Waals surface area contributed by atoms with Crippen molar-refractivity contribution in [3.05, 3.63) is 75.8 Å². The minimum atomic E-state index is -0.376. The van der Waals surface area contributed by atoms with Crippen molar-refractivity contribution in [2.45, 2.75) is 31.7 Å². The molecule has 2 aromatic rings. The SMILES string of the molecule is CN1c2ccccc2C(C)(C)C1(C)/C=C/c1ccc([N+](=O)[O-])cc1. The van der Waals surface area contributed by atoms with Crippen LogP contribution in [0.4, 0.5) is 11.4 Å². The molecule has 1 unspecified atom stereocenters. The van der Waals surface area contributed by atoms with Crippen molar-refractivity contribution in [3.8, 4) is 0 Å². The van der Waals surface area contributed by atoms with Crippen molar-refractivity contribution in [2.75, 3.05) is 11.9 Å². The van der Waals surface area contributed by atoms with E-state index in [1.54, 1.807) is 24.3 Å². The number of benzene rings is 2. The monoisotopic (exact) mass is 322 g/mol. The molecule has 0 saturated carbocycles. The zero-order valence-electron chi connectivity index (χ0n) is 14.5. The Morgan fingerprint density at radius 1 is 1.04 bits per heavy atom. The molecule has 3 rings (SSSR count). The van der Waals surface area contributed by atoms with Crippen LogP contribution in [0.5, 0.6) is 0 Å². The van der Waals surface area contributed by atoms with Gasteiger partial charge in [0.25, 0.3) is 5.69 Å². The minimum Gasteiger partial charge on any atom is -0.365 e. The van der Waals surface area contributed by atoms with E-state index in [1.165, 1.54) is 11.3 Å². The number of hydrogen-bond acceptors (Lipinski definition) is 3. The van der Waals surface area contributed by atoms with Crippen LogP contribution < -0.4 is 4.90 Å². The van der Waals surface area contributed by atoms with Gasteiger partial charge >= 0.3 is 0 Å². The highest BCUT2D eigenvalue weighted by atomic mass is 16.6. The molecule has 4 heteroatoms. The fraction of sp³-hybridized carbons (Fsp3) is 0.300. The Hall–Kier alpha value is -2.62. The van der Waals surface area contributed by atoms with Gasteiger partial charge in [0.1, 0.15) is 0 Å². The zero-order chi connectivity index (χ0) is 17.5. The molecule has 0 saturated heterocycles. The lowest BCUT2D eigenvalue weighted by Gasteiger charge is -2.41. The highest BCUT2D eigenvalue weighted by molar-refractivity contribution is 5.69. The topological polar surface area (TPSA) is 46.4 Å². The van der Waals surface area contributed by atoms with E-state index in [0.717, 1.165) is 5.56 Å². The number of likely N-dealkylation sites (N-methyl/N-ethyl adjacent to an activating group) is 1. The maximum atomic E-state index is 10.8. The molecule has 0 N–H and O–H groups in total. The molecular formula is C20H22N2O2. The van der Waals surface area contributed by atoms with Crippen LogP contribution in [0.1, 0.15) is 31.9 Å². The second kappa shape index (κ2) is 5.48. The third-order valence-electron chi connectivity index (χ3n) is 5.61. The number of anilines is 1. The standard InChI is InChI=1S/C20H22N2O2/c1-19(2)17-7-5-6-8-18(17)21(4)20(19,3)14-13-15-9-11-16(12-10-15)22(23)24/h5-14H,1-4H3/b14-13+. The van der Waals surface area contributed by atoms with Crippen LogP contribution in [-0.2, 0) is 5.41 Å². The van der Waals surface area contributed by atoms with Crippen molar-refractivity contribution >= 4 is 17.5 Å². The Morgan fingerprint density at radius 3 is 2.25 bits per heavy atom. The van der Waals surface area contributed by atoms with Gasteiger partial charge in [0.15, 0.2) is 0 Å². The molecule has 1 heterocycles. The average Bonchev–Trinajstić information content (AvgIpc) is 2.73. The van der Waals surface area contributed by atoms with Crippen molar-refractivity contribution in [3.63, 3.8) is 0 Å². The summed E-state index contributed by atoms with van der Waals surface area (Å²) >= 11 is 0. The van der Waals surface area contributed by atoms with Crippen LogP contribution in [0.3, 0.4) is 0 Å². The molecule has 0 spiro atoms. The summed E-state index contributed by atoms with van der Waals surface area (Å²) in [6, 6.07) is 15.1. The van der Waals surface area contributed by atoms with Crippen molar-refractivity contribution in [2.24, 2.45) is 0 Å². The van der Waals surface area contributed by atoms with Gasteiger partial charge in [0, 0.05) is 30.3 Å². The van der Waals surface area contributed by atoms with Crippen molar-refractivity contribution < 1.29 is 4.92 Å². The highest BCUT2D eigenvalue weighted by Crippen LogP contribution is 2.51. The van der Waals surface area contributed by atoms with Gasteiger partial charge in [-0.15, -0.1) is 0 Å². The van der Waals surface area contributed by atoms with E-state index in [0.29, 0.717) is 0 Å². The largest absolute Gasteiger partial charge is 0.365 e. The number of fused-ring (bicyclic) bond motifs is 1. The predicted octanol–water partition coefficient (Wildman–Crippen LogP) is 4.79. The summed E-state index contributed by atoms with van der Waals surface area (Å²) in [6.45, 7) is 6.75. The lowest BCUT2D eigenvalue weighted by Crippen LogP contribution is -2.50. The molecule has 1 aliphatic rings. The number of nitro groups is 1. The molecule has 124 valence electrons. The molecule has 1 atom stereocenters. The second-order valence-corrected chi connectivity index (χ2v) is 7.03. The summed E-state index contributed by atoms with van der Waals surface area (Å²) < 4.78 is 0. The van der Waals surface area contributed by atoms with E-state index in [-0.39, 0.29) is 21.6 Å². The lowest BCUT2D eigenvalue weighted by molar-refractivity contribution is -0.384. The Balaban J connectivity index is 1.95. The smallest absolute Gasteiger partial charge is 0.269 e. The predicted molar refractivity (Wildman–Crippen MR) is 98.4 cm³/mol. The lowest BCUT2D eigenvalue weighted by atomic mass is 9.71. The van der Waals surface area contributed by atoms with E-state index in [1.807, 2.05) is 6.08 Å². The van der Waals surface area contributed by atoms with Crippen LogP contribution in [0.25, 0.3) is 6.08 Å². The number of nitro benzene ring substituents is 1. The maximum absolute atomic E-state index is 10.8. The number of nitrogens with zero attached hydrogens (tertiary/aromatic N) is 2. The Morgan fingerprint density at radius 2 is 1.67 bits per heavy atom. The van der Waals surface area contributed by atoms with E-state index in [2.05, 4.69) is 63.1 Å². The maximum Gasteiger partial charge on any atom is 0.269 e. The van der Waals surface area contributed by atoms with E-state index >= 15 is 0 Å². The summed E-state index contributed by atoms with van der Waals surface area (Å²) in [5.74, 6) is 0. The van der Waals surface area contributed by atoms with Crippen LogP contribution in [0.2, 0.25) is 0 Å². The quantitative estimate of drug-likeness (QED) is 0.602. The summed E-state index contributed by atoms with van der Waals surface area (Å²) in [5, 5.41) is 10.8. The number of hydrogen-bond donors (Lipinski definition) is 0. The Kier molecular flexibility index (Phi) is 3.71. The summed E-state index contributed by atoms with van der Waals surface area (Å²) in [6.07, 6.45) is 4.25. The number of non-ortho nitro benzene ring substituents is 1. The van der Waals surface area contributed by atoms with Gasteiger partial charge in [-0.05, 0) is 36.2 Å². The van der Waals surface area contributed by atoms with Gasteiger partial charge < -0.3 is 4.90 Å². The molecule has 0 fully saturated rings. The first-order valence-corrected chi connectivity index (χ1v) is 8.04. The molecule has 1 aliphatic heterocycles. The van der Waals surface area contributed by atoms with Crippen LogP contribution in [0, 0.1) is 10.1 Å². The second-order valence-electron chi connectivity index (χ2n) is 7.03. The normalized spacial score (nSPS) is 21.9. The van der Waals surface area contributed by atoms with Gasteiger partial charge in [-0.3, -0.25) is 10.1 Å². The van der Waals surface area contributed by atoms with Crippen molar-refractivity contribution in [1.82, 2.24) is 0 Å². The van der Waals surface area contributed by atoms with Crippen molar-refractivity contribution in [1.29, 1.82) is 0 Å². The molecule has 4 nitrogen and oxygen atoms in total. The third-order valence-corrected chi connectivity index (χ3v) is 5.61. The molecular weight excluding hydrogens is 300 g/mol. The molecule has 0 bridgehead atoms. The molecule has 0 aromatic heterocycles. The van der Waals surface area contributed by atoms with Gasteiger partial charge in [-0.25, -0.2) is 0 Å². The molecule has 24 heavy (non-hydrogen) atoms. The first kappa shape index (κ1) is 16.2. The number of rotatable bonds is 3.